The number of fused-ring (bicyclic) bond motifs is 1. The zero-order chi connectivity index (χ0) is 20.8. The monoisotopic (exact) mass is 399 g/mol. The highest BCUT2D eigenvalue weighted by atomic mass is 16.7. The number of para-hydroxylation sites is 1. The molecular formula is C21H21NO7. The Morgan fingerprint density at radius 2 is 1.90 bits per heavy atom. The number of benzene rings is 2. The van der Waals surface area contributed by atoms with E-state index in [1.165, 1.54) is 33.3 Å². The summed E-state index contributed by atoms with van der Waals surface area (Å²) in [7, 11) is 3.04. The van der Waals surface area contributed by atoms with Gasteiger partial charge in [-0.2, -0.15) is 0 Å². The van der Waals surface area contributed by atoms with Crippen LogP contribution in [0.3, 0.4) is 0 Å². The topological polar surface area (TPSA) is 92.3 Å². The minimum Gasteiger partial charge on any atom is -0.493 e. The third kappa shape index (κ3) is 4.78. The lowest BCUT2D eigenvalue weighted by Gasteiger charge is -2.13. The van der Waals surface area contributed by atoms with Crippen LogP contribution in [0.15, 0.2) is 42.5 Å². The first-order valence-electron chi connectivity index (χ1n) is 8.82. The van der Waals surface area contributed by atoms with Crippen LogP contribution in [-0.4, -0.2) is 39.0 Å². The van der Waals surface area contributed by atoms with Crippen molar-refractivity contribution in [3.8, 4) is 23.0 Å². The van der Waals surface area contributed by atoms with Gasteiger partial charge in [0.1, 0.15) is 0 Å². The molecule has 152 valence electrons. The summed E-state index contributed by atoms with van der Waals surface area (Å²) in [6, 6.07) is 10.3. The summed E-state index contributed by atoms with van der Waals surface area (Å²) < 4.78 is 26.2. The Labute approximate surface area is 168 Å². The van der Waals surface area contributed by atoms with Crippen molar-refractivity contribution in [2.24, 2.45) is 0 Å². The first-order valence-corrected chi connectivity index (χ1v) is 8.82. The van der Waals surface area contributed by atoms with Crippen molar-refractivity contribution < 1.29 is 33.3 Å². The van der Waals surface area contributed by atoms with Gasteiger partial charge in [-0.05, 0) is 31.2 Å². The Morgan fingerprint density at radius 3 is 2.66 bits per heavy atom. The molecule has 8 nitrogen and oxygen atoms in total. The normalized spacial score (nSPS) is 13.1. The molecule has 1 atom stereocenters. The SMILES string of the molecule is COc1cccc(/C=C/C(=O)OC(C)C(=O)Nc2ccc3c(c2)OCO3)c1OC. The molecule has 0 spiro atoms. The van der Waals surface area contributed by atoms with Crippen molar-refractivity contribution >= 4 is 23.6 Å². The number of hydrogen-bond donors (Lipinski definition) is 1. The summed E-state index contributed by atoms with van der Waals surface area (Å²) >= 11 is 0. The van der Waals surface area contributed by atoms with Crippen molar-refractivity contribution in [1.82, 2.24) is 0 Å². The van der Waals surface area contributed by atoms with E-state index in [0.29, 0.717) is 34.2 Å². The smallest absolute Gasteiger partial charge is 0.331 e. The average molecular weight is 399 g/mol. The summed E-state index contributed by atoms with van der Waals surface area (Å²) in [4.78, 5) is 24.4. The van der Waals surface area contributed by atoms with Gasteiger partial charge in [0, 0.05) is 23.4 Å². The minimum atomic E-state index is -0.996. The highest BCUT2D eigenvalue weighted by Crippen LogP contribution is 2.34. The van der Waals surface area contributed by atoms with Gasteiger partial charge in [0.15, 0.2) is 29.1 Å². The van der Waals surface area contributed by atoms with Gasteiger partial charge >= 0.3 is 5.97 Å². The van der Waals surface area contributed by atoms with Crippen LogP contribution in [0.4, 0.5) is 5.69 Å². The van der Waals surface area contributed by atoms with Crippen LogP contribution < -0.4 is 24.3 Å². The van der Waals surface area contributed by atoms with E-state index in [1.807, 2.05) is 0 Å². The predicted molar refractivity (Wildman–Crippen MR) is 105 cm³/mol. The summed E-state index contributed by atoms with van der Waals surface area (Å²) in [6.45, 7) is 1.63. The van der Waals surface area contributed by atoms with Gasteiger partial charge in [0.05, 0.1) is 14.2 Å². The molecular weight excluding hydrogens is 378 g/mol. The Bertz CT molecular complexity index is 939. The number of esters is 1. The second-order valence-electron chi connectivity index (χ2n) is 6.05. The summed E-state index contributed by atoms with van der Waals surface area (Å²) in [5, 5.41) is 2.67. The van der Waals surface area contributed by atoms with Gasteiger partial charge in [-0.1, -0.05) is 12.1 Å². The van der Waals surface area contributed by atoms with Crippen LogP contribution in [0.1, 0.15) is 12.5 Å². The van der Waals surface area contributed by atoms with Crippen LogP contribution in [0.25, 0.3) is 6.08 Å². The Balaban J connectivity index is 1.59. The highest BCUT2D eigenvalue weighted by Gasteiger charge is 2.19. The van der Waals surface area contributed by atoms with Crippen LogP contribution in [0, 0.1) is 0 Å². The van der Waals surface area contributed by atoms with E-state index in [2.05, 4.69) is 5.32 Å². The number of hydrogen-bond acceptors (Lipinski definition) is 7. The van der Waals surface area contributed by atoms with Crippen LogP contribution >= 0.6 is 0 Å². The molecule has 0 bridgehead atoms. The molecule has 0 saturated carbocycles. The largest absolute Gasteiger partial charge is 0.493 e. The maximum absolute atomic E-state index is 12.3. The average Bonchev–Trinajstić information content (AvgIpc) is 3.19. The van der Waals surface area contributed by atoms with Crippen molar-refractivity contribution in [1.29, 1.82) is 0 Å². The van der Waals surface area contributed by atoms with E-state index < -0.39 is 18.0 Å². The molecule has 1 aliphatic heterocycles. The number of methoxy groups -OCH3 is 2. The van der Waals surface area contributed by atoms with Gasteiger partial charge in [0.2, 0.25) is 6.79 Å². The molecule has 0 aliphatic carbocycles. The minimum absolute atomic E-state index is 0.144. The van der Waals surface area contributed by atoms with Gasteiger partial charge < -0.3 is 29.0 Å². The van der Waals surface area contributed by atoms with E-state index in [-0.39, 0.29) is 6.79 Å². The summed E-state index contributed by atoms with van der Waals surface area (Å²) in [5.74, 6) is 1.06. The van der Waals surface area contributed by atoms with E-state index in [9.17, 15) is 9.59 Å². The molecule has 2 aromatic rings. The molecule has 0 saturated heterocycles. The van der Waals surface area contributed by atoms with Crippen molar-refractivity contribution in [3.05, 3.63) is 48.0 Å². The molecule has 2 aromatic carbocycles. The molecule has 0 radical (unpaired) electrons. The maximum Gasteiger partial charge on any atom is 0.331 e. The van der Waals surface area contributed by atoms with Crippen molar-refractivity contribution in [2.45, 2.75) is 13.0 Å². The lowest BCUT2D eigenvalue weighted by molar-refractivity contribution is -0.148. The summed E-state index contributed by atoms with van der Waals surface area (Å²) in [6.07, 6.45) is 1.76. The molecule has 0 aromatic heterocycles. The Kier molecular flexibility index (Phi) is 6.23. The molecule has 1 N–H and O–H groups in total. The van der Waals surface area contributed by atoms with Crippen LogP contribution in [0.2, 0.25) is 0 Å². The Hall–Kier alpha value is -3.68. The lowest BCUT2D eigenvalue weighted by atomic mass is 10.1. The van der Waals surface area contributed by atoms with Gasteiger partial charge in [-0.3, -0.25) is 4.79 Å². The molecule has 0 fully saturated rings. The molecule has 8 heteroatoms. The first kappa shape index (κ1) is 20.1. The van der Waals surface area contributed by atoms with Crippen LogP contribution in [-0.2, 0) is 14.3 Å². The fourth-order valence-electron chi connectivity index (χ4n) is 2.69. The third-order valence-corrected chi connectivity index (χ3v) is 4.13. The van der Waals surface area contributed by atoms with Gasteiger partial charge in [-0.25, -0.2) is 4.79 Å². The number of carbonyl (C=O) groups excluding carboxylic acids is 2. The van der Waals surface area contributed by atoms with E-state index >= 15 is 0 Å². The van der Waals surface area contributed by atoms with Crippen molar-refractivity contribution in [2.75, 3.05) is 26.3 Å². The number of nitrogens with one attached hydrogen (secondary N) is 1. The molecule has 1 aliphatic rings. The van der Waals surface area contributed by atoms with E-state index in [1.54, 1.807) is 36.4 Å². The van der Waals surface area contributed by atoms with Gasteiger partial charge in [-0.15, -0.1) is 0 Å². The number of rotatable bonds is 7. The summed E-state index contributed by atoms with van der Waals surface area (Å²) in [5.41, 5.74) is 1.15. The molecule has 1 unspecified atom stereocenters. The lowest BCUT2D eigenvalue weighted by Crippen LogP contribution is -2.29. The van der Waals surface area contributed by atoms with Crippen LogP contribution in [0.5, 0.6) is 23.0 Å². The molecule has 1 amide bonds. The Morgan fingerprint density at radius 1 is 1.10 bits per heavy atom. The number of amides is 1. The fourth-order valence-corrected chi connectivity index (χ4v) is 2.69. The molecule has 3 rings (SSSR count). The zero-order valence-electron chi connectivity index (χ0n) is 16.3. The predicted octanol–water partition coefficient (Wildman–Crippen LogP) is 3.02. The maximum atomic E-state index is 12.3. The standard InChI is InChI=1S/C21H21NO7/c1-13(21(24)22-15-8-9-16-18(11-15)28-12-27-16)29-19(23)10-7-14-5-4-6-17(25-2)20(14)26-3/h4-11,13H,12H2,1-3H3,(H,22,24)/b10-7+. The molecule has 1 heterocycles. The zero-order valence-corrected chi connectivity index (χ0v) is 16.3. The second kappa shape index (κ2) is 9.01. The number of carbonyl (C=O) groups is 2. The van der Waals surface area contributed by atoms with E-state index in [4.69, 9.17) is 23.7 Å². The van der Waals surface area contributed by atoms with Gasteiger partial charge in [0.25, 0.3) is 5.91 Å². The second-order valence-corrected chi connectivity index (χ2v) is 6.05. The molecule has 29 heavy (non-hydrogen) atoms. The quantitative estimate of drug-likeness (QED) is 0.565. The fraction of sp³-hybridized carbons (Fsp3) is 0.238. The third-order valence-electron chi connectivity index (χ3n) is 4.13. The van der Waals surface area contributed by atoms with E-state index in [0.717, 1.165) is 0 Å². The first-order chi connectivity index (χ1) is 14.0. The number of ether oxygens (including phenoxy) is 5. The number of anilines is 1. The van der Waals surface area contributed by atoms with Crippen molar-refractivity contribution in [3.63, 3.8) is 0 Å². The highest BCUT2D eigenvalue weighted by molar-refractivity contribution is 5.97.